The summed E-state index contributed by atoms with van der Waals surface area (Å²) in [5.74, 6) is 1.24. The van der Waals surface area contributed by atoms with Crippen LogP contribution in [0.15, 0.2) is 42.6 Å². The van der Waals surface area contributed by atoms with Crippen molar-refractivity contribution in [3.05, 3.63) is 48.2 Å². The number of sulfone groups is 1. The SMILES string of the molecule is CCOc1ccccc1Nc1ccc(C(=O)N(C)C2CCS(=O)(=O)C2)cn1. The summed E-state index contributed by atoms with van der Waals surface area (Å²) >= 11 is 0. The minimum Gasteiger partial charge on any atom is -0.492 e. The van der Waals surface area contributed by atoms with Crippen LogP contribution < -0.4 is 10.1 Å². The van der Waals surface area contributed by atoms with Gasteiger partial charge < -0.3 is 15.0 Å². The molecule has 1 aromatic carbocycles. The van der Waals surface area contributed by atoms with Crippen LogP contribution in [0.25, 0.3) is 0 Å². The molecule has 1 unspecified atom stereocenters. The number of para-hydroxylation sites is 2. The molecule has 27 heavy (non-hydrogen) atoms. The molecule has 0 aliphatic carbocycles. The smallest absolute Gasteiger partial charge is 0.255 e. The summed E-state index contributed by atoms with van der Waals surface area (Å²) in [7, 11) is -1.40. The molecule has 3 rings (SSSR count). The average molecular weight is 389 g/mol. The van der Waals surface area contributed by atoms with Crippen LogP contribution in [0.1, 0.15) is 23.7 Å². The highest BCUT2D eigenvalue weighted by Crippen LogP contribution is 2.26. The van der Waals surface area contributed by atoms with E-state index < -0.39 is 9.84 Å². The van der Waals surface area contributed by atoms with Crippen LogP contribution in [-0.2, 0) is 9.84 Å². The highest BCUT2D eigenvalue weighted by atomic mass is 32.2. The number of pyridine rings is 1. The number of carbonyl (C=O) groups is 1. The van der Waals surface area contributed by atoms with Gasteiger partial charge in [-0.25, -0.2) is 13.4 Å². The van der Waals surface area contributed by atoms with Crippen molar-refractivity contribution in [3.63, 3.8) is 0 Å². The maximum atomic E-state index is 12.6. The number of amides is 1. The predicted octanol–water partition coefficient (Wildman–Crippen LogP) is 2.48. The summed E-state index contributed by atoms with van der Waals surface area (Å²) in [6.45, 7) is 2.48. The molecule has 1 aliphatic rings. The second-order valence-electron chi connectivity index (χ2n) is 6.46. The van der Waals surface area contributed by atoms with E-state index in [2.05, 4.69) is 10.3 Å². The number of anilines is 2. The number of nitrogens with one attached hydrogen (secondary N) is 1. The van der Waals surface area contributed by atoms with Gasteiger partial charge in [-0.2, -0.15) is 0 Å². The third-order valence-electron chi connectivity index (χ3n) is 4.54. The van der Waals surface area contributed by atoms with Gasteiger partial charge in [-0.1, -0.05) is 12.1 Å². The minimum absolute atomic E-state index is 0.0243. The van der Waals surface area contributed by atoms with Gasteiger partial charge in [0.2, 0.25) is 0 Å². The fraction of sp³-hybridized carbons (Fsp3) is 0.368. The van der Waals surface area contributed by atoms with Gasteiger partial charge in [0, 0.05) is 19.3 Å². The standard InChI is InChI=1S/C19H23N3O4S/c1-3-26-17-7-5-4-6-16(17)21-18-9-8-14(12-20-18)19(23)22(2)15-10-11-27(24,25)13-15/h4-9,12,15H,3,10-11,13H2,1-2H3,(H,20,21). The zero-order valence-corrected chi connectivity index (χ0v) is 16.2. The molecule has 0 radical (unpaired) electrons. The third-order valence-corrected chi connectivity index (χ3v) is 6.29. The number of hydrogen-bond donors (Lipinski definition) is 1. The quantitative estimate of drug-likeness (QED) is 0.817. The van der Waals surface area contributed by atoms with E-state index in [0.29, 0.717) is 24.4 Å². The summed E-state index contributed by atoms with van der Waals surface area (Å²) in [5.41, 5.74) is 1.21. The molecule has 1 saturated heterocycles. The molecule has 2 heterocycles. The summed E-state index contributed by atoms with van der Waals surface area (Å²) < 4.78 is 28.8. The molecule has 0 saturated carbocycles. The van der Waals surface area contributed by atoms with Crippen molar-refractivity contribution in [1.82, 2.24) is 9.88 Å². The minimum atomic E-state index is -3.04. The molecule has 8 heteroatoms. The van der Waals surface area contributed by atoms with Crippen LogP contribution >= 0.6 is 0 Å². The summed E-state index contributed by atoms with van der Waals surface area (Å²) in [4.78, 5) is 18.4. The molecule has 7 nitrogen and oxygen atoms in total. The first-order chi connectivity index (χ1) is 12.9. The van der Waals surface area contributed by atoms with Crippen molar-refractivity contribution in [2.75, 3.05) is 30.5 Å². The topological polar surface area (TPSA) is 88.6 Å². The van der Waals surface area contributed by atoms with Crippen LogP contribution in [0.2, 0.25) is 0 Å². The van der Waals surface area contributed by atoms with Gasteiger partial charge in [0.25, 0.3) is 5.91 Å². The van der Waals surface area contributed by atoms with Gasteiger partial charge in [0.05, 0.1) is 29.4 Å². The van der Waals surface area contributed by atoms with E-state index in [-0.39, 0.29) is 23.5 Å². The Kier molecular flexibility index (Phi) is 5.65. The number of rotatable bonds is 6. The van der Waals surface area contributed by atoms with Gasteiger partial charge in [0.15, 0.2) is 9.84 Å². The van der Waals surface area contributed by atoms with E-state index in [4.69, 9.17) is 4.74 Å². The molecule has 1 atom stereocenters. The van der Waals surface area contributed by atoms with E-state index in [1.807, 2.05) is 31.2 Å². The lowest BCUT2D eigenvalue weighted by atomic mass is 10.2. The monoisotopic (exact) mass is 389 g/mol. The number of hydrogen-bond acceptors (Lipinski definition) is 6. The van der Waals surface area contributed by atoms with Gasteiger partial charge >= 0.3 is 0 Å². The number of aromatic nitrogens is 1. The van der Waals surface area contributed by atoms with Crippen molar-refractivity contribution in [2.24, 2.45) is 0 Å². The Morgan fingerprint density at radius 1 is 1.30 bits per heavy atom. The Morgan fingerprint density at radius 2 is 2.07 bits per heavy atom. The molecule has 1 N–H and O–H groups in total. The number of ether oxygens (including phenoxy) is 1. The Morgan fingerprint density at radius 3 is 2.70 bits per heavy atom. The van der Waals surface area contributed by atoms with Crippen LogP contribution in [0.5, 0.6) is 5.75 Å². The number of carbonyl (C=O) groups excluding carboxylic acids is 1. The van der Waals surface area contributed by atoms with Crippen LogP contribution in [0, 0.1) is 0 Å². The Hall–Kier alpha value is -2.61. The highest BCUT2D eigenvalue weighted by Gasteiger charge is 2.33. The van der Waals surface area contributed by atoms with E-state index in [1.165, 1.54) is 11.1 Å². The number of nitrogens with zero attached hydrogens (tertiary/aromatic N) is 2. The zero-order chi connectivity index (χ0) is 19.4. The number of benzene rings is 1. The van der Waals surface area contributed by atoms with Crippen molar-refractivity contribution < 1.29 is 17.9 Å². The molecule has 1 fully saturated rings. The Balaban J connectivity index is 1.69. The zero-order valence-electron chi connectivity index (χ0n) is 15.4. The summed E-state index contributed by atoms with van der Waals surface area (Å²) in [5, 5.41) is 3.18. The first kappa shape index (κ1) is 19.2. The van der Waals surface area contributed by atoms with Gasteiger partial charge in [-0.3, -0.25) is 4.79 Å². The molecular formula is C19H23N3O4S. The average Bonchev–Trinajstić information content (AvgIpc) is 3.03. The van der Waals surface area contributed by atoms with Crippen molar-refractivity contribution >= 4 is 27.2 Å². The van der Waals surface area contributed by atoms with Crippen LogP contribution in [-0.4, -0.2) is 55.4 Å². The van der Waals surface area contributed by atoms with E-state index in [9.17, 15) is 13.2 Å². The second kappa shape index (κ2) is 7.96. The maximum absolute atomic E-state index is 12.6. The van der Waals surface area contributed by atoms with E-state index in [1.54, 1.807) is 19.2 Å². The van der Waals surface area contributed by atoms with Crippen LogP contribution in [0.4, 0.5) is 11.5 Å². The highest BCUT2D eigenvalue weighted by molar-refractivity contribution is 7.91. The second-order valence-corrected chi connectivity index (χ2v) is 8.69. The molecule has 144 valence electrons. The van der Waals surface area contributed by atoms with Gasteiger partial charge in [-0.05, 0) is 37.6 Å². The molecule has 0 bridgehead atoms. The molecule has 0 spiro atoms. The van der Waals surface area contributed by atoms with E-state index >= 15 is 0 Å². The molecule has 2 aromatic rings. The first-order valence-electron chi connectivity index (χ1n) is 8.82. The Bertz CT molecular complexity index is 913. The van der Waals surface area contributed by atoms with Crippen molar-refractivity contribution in [1.29, 1.82) is 0 Å². The largest absolute Gasteiger partial charge is 0.492 e. The van der Waals surface area contributed by atoms with Crippen molar-refractivity contribution in [3.8, 4) is 5.75 Å². The third kappa shape index (κ3) is 4.57. The summed E-state index contributed by atoms with van der Waals surface area (Å²) in [6.07, 6.45) is 1.97. The maximum Gasteiger partial charge on any atom is 0.255 e. The van der Waals surface area contributed by atoms with Gasteiger partial charge in [0.1, 0.15) is 11.6 Å². The fourth-order valence-electron chi connectivity index (χ4n) is 3.03. The lowest BCUT2D eigenvalue weighted by Crippen LogP contribution is -2.37. The first-order valence-corrected chi connectivity index (χ1v) is 10.6. The Labute approximate surface area is 159 Å². The summed E-state index contributed by atoms with van der Waals surface area (Å²) in [6, 6.07) is 10.7. The lowest BCUT2D eigenvalue weighted by Gasteiger charge is -2.23. The van der Waals surface area contributed by atoms with Gasteiger partial charge in [-0.15, -0.1) is 0 Å². The molecule has 1 aliphatic heterocycles. The van der Waals surface area contributed by atoms with E-state index in [0.717, 1.165) is 11.4 Å². The normalized spacial score (nSPS) is 18.1. The van der Waals surface area contributed by atoms with Crippen molar-refractivity contribution in [2.45, 2.75) is 19.4 Å². The lowest BCUT2D eigenvalue weighted by molar-refractivity contribution is 0.0747. The fourth-order valence-corrected chi connectivity index (χ4v) is 4.81. The molecule has 1 amide bonds. The van der Waals surface area contributed by atoms with Crippen LogP contribution in [0.3, 0.4) is 0 Å². The molecule has 1 aromatic heterocycles. The molecular weight excluding hydrogens is 366 g/mol. The predicted molar refractivity (Wildman–Crippen MR) is 104 cm³/mol.